The zero-order chi connectivity index (χ0) is 18.2. The predicted octanol–water partition coefficient (Wildman–Crippen LogP) is 5.20. The molecule has 0 spiro atoms. The molecular weight excluding hydrogens is 304 g/mol. The summed E-state index contributed by atoms with van der Waals surface area (Å²) in [5.41, 5.74) is 0.709. The molecule has 1 atom stereocenters. The van der Waals surface area contributed by atoms with Crippen molar-refractivity contribution in [3.05, 3.63) is 23.3 Å². The van der Waals surface area contributed by atoms with E-state index in [-0.39, 0.29) is 11.0 Å². The van der Waals surface area contributed by atoms with Gasteiger partial charge < -0.3 is 10.2 Å². The fourth-order valence-electron chi connectivity index (χ4n) is 3.72. The van der Waals surface area contributed by atoms with Crippen LogP contribution in [0.3, 0.4) is 0 Å². The number of carboxylic acid groups (broad SMARTS) is 2. The molecule has 1 aliphatic carbocycles. The van der Waals surface area contributed by atoms with Crippen LogP contribution in [0, 0.1) is 11.3 Å². The third kappa shape index (κ3) is 4.71. The van der Waals surface area contributed by atoms with E-state index in [0.29, 0.717) is 6.42 Å². The van der Waals surface area contributed by atoms with Crippen molar-refractivity contribution in [1.29, 1.82) is 0 Å². The lowest BCUT2D eigenvalue weighted by Gasteiger charge is -2.39. The molecule has 2 N–H and O–H groups in total. The number of rotatable bonds is 11. The van der Waals surface area contributed by atoms with E-state index in [1.807, 2.05) is 6.08 Å². The zero-order valence-electron chi connectivity index (χ0n) is 15.3. The Labute approximate surface area is 145 Å². The molecule has 0 saturated carbocycles. The van der Waals surface area contributed by atoms with Crippen molar-refractivity contribution in [1.82, 2.24) is 0 Å². The highest BCUT2D eigenvalue weighted by Crippen LogP contribution is 2.48. The van der Waals surface area contributed by atoms with E-state index in [2.05, 4.69) is 20.8 Å². The highest BCUT2D eigenvalue weighted by molar-refractivity contribution is 5.96. The van der Waals surface area contributed by atoms with Crippen molar-refractivity contribution in [3.63, 3.8) is 0 Å². The average Bonchev–Trinajstić information content (AvgIpc) is 2.55. The Bertz CT molecular complexity index is 494. The third-order valence-corrected chi connectivity index (χ3v) is 5.07. The fourth-order valence-corrected chi connectivity index (χ4v) is 3.72. The highest BCUT2D eigenvalue weighted by atomic mass is 16.4. The van der Waals surface area contributed by atoms with Gasteiger partial charge in [-0.1, -0.05) is 65.0 Å². The zero-order valence-corrected chi connectivity index (χ0v) is 15.3. The van der Waals surface area contributed by atoms with Crippen LogP contribution in [0.2, 0.25) is 0 Å². The first-order chi connectivity index (χ1) is 11.4. The molecule has 0 saturated heterocycles. The van der Waals surface area contributed by atoms with Crippen LogP contribution in [0.5, 0.6) is 0 Å². The van der Waals surface area contributed by atoms with Crippen LogP contribution in [0.25, 0.3) is 0 Å². The summed E-state index contributed by atoms with van der Waals surface area (Å²) < 4.78 is 0. The third-order valence-electron chi connectivity index (χ3n) is 5.07. The highest BCUT2D eigenvalue weighted by Gasteiger charge is 2.41. The smallest absolute Gasteiger partial charge is 0.332 e. The molecule has 136 valence electrons. The Hall–Kier alpha value is -1.58. The van der Waals surface area contributed by atoms with Crippen LogP contribution in [-0.4, -0.2) is 22.2 Å². The molecule has 0 radical (unpaired) electrons. The van der Waals surface area contributed by atoms with E-state index >= 15 is 0 Å². The number of hydrogen-bond donors (Lipinski definition) is 2. The SMILES string of the molecule is CCCCC1=C(C(=O)O)C(C(=O)O)C=CC1(CCCC)CCCC. The Morgan fingerprint density at radius 2 is 1.54 bits per heavy atom. The van der Waals surface area contributed by atoms with Gasteiger partial charge in [0.2, 0.25) is 0 Å². The summed E-state index contributed by atoms with van der Waals surface area (Å²) in [5.74, 6) is -3.17. The van der Waals surface area contributed by atoms with E-state index in [1.54, 1.807) is 6.08 Å². The molecule has 0 aromatic rings. The van der Waals surface area contributed by atoms with Crippen LogP contribution in [-0.2, 0) is 9.59 Å². The van der Waals surface area contributed by atoms with E-state index in [4.69, 9.17) is 0 Å². The van der Waals surface area contributed by atoms with Gasteiger partial charge in [0, 0.05) is 5.41 Å². The minimum Gasteiger partial charge on any atom is -0.481 e. The second-order valence-electron chi connectivity index (χ2n) is 6.84. The largest absolute Gasteiger partial charge is 0.481 e. The molecule has 4 heteroatoms. The number of unbranched alkanes of at least 4 members (excludes halogenated alkanes) is 3. The lowest BCUT2D eigenvalue weighted by molar-refractivity contribution is -0.142. The van der Waals surface area contributed by atoms with Crippen LogP contribution in [0.4, 0.5) is 0 Å². The maximum absolute atomic E-state index is 11.9. The normalized spacial score (nSPS) is 19.5. The number of hydrogen-bond acceptors (Lipinski definition) is 2. The molecule has 0 fully saturated rings. The van der Waals surface area contributed by atoms with Crippen molar-refractivity contribution in [2.24, 2.45) is 11.3 Å². The van der Waals surface area contributed by atoms with E-state index in [0.717, 1.165) is 56.9 Å². The predicted molar refractivity (Wildman–Crippen MR) is 95.9 cm³/mol. The number of carboxylic acids is 2. The van der Waals surface area contributed by atoms with Gasteiger partial charge in [0.05, 0.1) is 5.57 Å². The molecule has 0 bridgehead atoms. The first-order valence-electron chi connectivity index (χ1n) is 9.32. The van der Waals surface area contributed by atoms with E-state index in [1.165, 1.54) is 0 Å². The maximum atomic E-state index is 11.9. The van der Waals surface area contributed by atoms with Gasteiger partial charge in [-0.05, 0) is 31.3 Å². The van der Waals surface area contributed by atoms with Crippen LogP contribution < -0.4 is 0 Å². The molecule has 1 rings (SSSR count). The van der Waals surface area contributed by atoms with Gasteiger partial charge in [0.25, 0.3) is 0 Å². The lowest BCUT2D eigenvalue weighted by atomic mass is 9.64. The fraction of sp³-hybridized carbons (Fsp3) is 0.700. The van der Waals surface area contributed by atoms with Crippen molar-refractivity contribution < 1.29 is 19.8 Å². The Morgan fingerprint density at radius 1 is 1.00 bits per heavy atom. The molecule has 0 aromatic carbocycles. The summed E-state index contributed by atoms with van der Waals surface area (Å²) in [4.78, 5) is 23.5. The minimum atomic E-state index is -1.07. The molecule has 0 aliphatic heterocycles. The maximum Gasteiger partial charge on any atom is 0.332 e. The average molecular weight is 336 g/mol. The van der Waals surface area contributed by atoms with Gasteiger partial charge in [-0.2, -0.15) is 0 Å². The van der Waals surface area contributed by atoms with E-state index < -0.39 is 17.9 Å². The first kappa shape index (κ1) is 20.5. The van der Waals surface area contributed by atoms with Gasteiger partial charge in [-0.3, -0.25) is 4.79 Å². The summed E-state index contributed by atoms with van der Waals surface area (Å²) in [6.45, 7) is 6.34. The number of aliphatic carboxylic acids is 2. The monoisotopic (exact) mass is 336 g/mol. The van der Waals surface area contributed by atoms with Crippen LogP contribution in [0.1, 0.15) is 78.6 Å². The van der Waals surface area contributed by atoms with Crippen molar-refractivity contribution in [3.8, 4) is 0 Å². The molecule has 1 aliphatic rings. The standard InChI is InChI=1S/C20H32O4/c1-4-7-10-16-17(19(23)24)15(18(21)22)11-14-20(16,12-8-5-2)13-9-6-3/h11,14-15H,4-10,12-13H2,1-3H3,(H,21,22)(H,23,24). The summed E-state index contributed by atoms with van der Waals surface area (Å²) in [5, 5.41) is 19.2. The Balaban J connectivity index is 3.43. The summed E-state index contributed by atoms with van der Waals surface area (Å²) >= 11 is 0. The van der Waals surface area contributed by atoms with Gasteiger partial charge in [0.1, 0.15) is 5.92 Å². The van der Waals surface area contributed by atoms with Crippen LogP contribution >= 0.6 is 0 Å². The number of carbonyl (C=O) groups is 2. The topological polar surface area (TPSA) is 74.6 Å². The second-order valence-corrected chi connectivity index (χ2v) is 6.84. The van der Waals surface area contributed by atoms with Crippen molar-refractivity contribution in [2.45, 2.75) is 78.6 Å². The summed E-state index contributed by atoms with van der Waals surface area (Å²) in [7, 11) is 0. The van der Waals surface area contributed by atoms with Gasteiger partial charge in [-0.15, -0.1) is 0 Å². The minimum absolute atomic E-state index is 0.116. The molecule has 0 amide bonds. The van der Waals surface area contributed by atoms with Gasteiger partial charge in [0.15, 0.2) is 0 Å². The van der Waals surface area contributed by atoms with Crippen molar-refractivity contribution in [2.75, 3.05) is 0 Å². The van der Waals surface area contributed by atoms with Crippen LogP contribution in [0.15, 0.2) is 23.3 Å². The molecule has 1 unspecified atom stereocenters. The molecule has 24 heavy (non-hydrogen) atoms. The molecular formula is C20H32O4. The first-order valence-corrected chi connectivity index (χ1v) is 9.32. The molecule has 4 nitrogen and oxygen atoms in total. The molecule has 0 heterocycles. The Kier molecular flexibility index (Phi) is 8.23. The van der Waals surface area contributed by atoms with E-state index in [9.17, 15) is 19.8 Å². The van der Waals surface area contributed by atoms with Gasteiger partial charge in [-0.25, -0.2) is 4.79 Å². The van der Waals surface area contributed by atoms with Gasteiger partial charge >= 0.3 is 11.9 Å². The second kappa shape index (κ2) is 9.65. The molecule has 0 aromatic heterocycles. The summed E-state index contributed by atoms with van der Waals surface area (Å²) in [6, 6.07) is 0. The summed E-state index contributed by atoms with van der Waals surface area (Å²) in [6.07, 6.45) is 12.1. The lowest BCUT2D eigenvalue weighted by Crippen LogP contribution is -2.33. The van der Waals surface area contributed by atoms with Crippen molar-refractivity contribution >= 4 is 11.9 Å². The quantitative estimate of drug-likeness (QED) is 0.509. The Morgan fingerprint density at radius 3 is 1.96 bits per heavy atom. The number of allylic oxidation sites excluding steroid dienone is 2.